The maximum Gasteiger partial charge on any atom is 0.337 e. The minimum atomic E-state index is -3.96. The number of sulfonamides is 1. The topological polar surface area (TPSA) is 104 Å². The normalized spacial score (nSPS) is 11.6. The van der Waals surface area contributed by atoms with Crippen molar-refractivity contribution in [3.63, 3.8) is 0 Å². The molecule has 9 heteroatoms. The lowest BCUT2D eigenvalue weighted by molar-refractivity contribution is 0.0697. The monoisotopic (exact) mass is 341 g/mol. The zero-order valence-electron chi connectivity index (χ0n) is 10.3. The van der Waals surface area contributed by atoms with E-state index in [-0.39, 0.29) is 28.6 Å². The molecule has 112 valence electrons. The van der Waals surface area contributed by atoms with Crippen molar-refractivity contribution in [1.82, 2.24) is 4.72 Å². The zero-order valence-corrected chi connectivity index (χ0v) is 12.6. The van der Waals surface area contributed by atoms with Gasteiger partial charge in [0.15, 0.2) is 0 Å². The molecule has 0 bridgehead atoms. The van der Waals surface area contributed by atoms with E-state index in [4.69, 9.17) is 33.4 Å². The Kier molecular flexibility index (Phi) is 6.22. The highest BCUT2D eigenvalue weighted by atomic mass is 35.5. The molecular formula is C11H13Cl2NO5S. The minimum absolute atomic E-state index is 0.0389. The number of hydrogen-bond donors (Lipinski definition) is 3. The molecule has 0 saturated carbocycles. The Hall–Kier alpha value is -0.860. The van der Waals surface area contributed by atoms with Crippen molar-refractivity contribution in [3.05, 3.63) is 27.7 Å². The van der Waals surface area contributed by atoms with Crippen LogP contribution in [0.5, 0.6) is 0 Å². The second kappa shape index (κ2) is 7.24. The van der Waals surface area contributed by atoms with Crippen molar-refractivity contribution in [1.29, 1.82) is 0 Å². The average Bonchev–Trinajstić information content (AvgIpc) is 2.36. The third-order valence-electron chi connectivity index (χ3n) is 2.40. The SMILES string of the molecule is O=C(O)c1cc(Cl)cc(S(=O)(=O)NCCCCO)c1Cl. The zero-order chi connectivity index (χ0) is 15.3. The molecule has 0 aliphatic carbocycles. The van der Waals surface area contributed by atoms with Crippen LogP contribution in [0.15, 0.2) is 17.0 Å². The molecule has 0 amide bonds. The van der Waals surface area contributed by atoms with Gasteiger partial charge >= 0.3 is 5.97 Å². The number of benzene rings is 1. The van der Waals surface area contributed by atoms with E-state index in [1.165, 1.54) is 0 Å². The van der Waals surface area contributed by atoms with Gasteiger partial charge in [0, 0.05) is 18.2 Å². The standard InChI is InChI=1S/C11H13Cl2NO5S/c12-7-5-8(11(16)17)10(13)9(6-7)20(18,19)14-3-1-2-4-15/h5-6,14-15H,1-4H2,(H,16,17). The highest BCUT2D eigenvalue weighted by Crippen LogP contribution is 2.29. The lowest BCUT2D eigenvalue weighted by Gasteiger charge is -2.10. The number of carboxylic acids is 1. The Balaban J connectivity index is 3.09. The average molecular weight is 342 g/mol. The molecule has 0 saturated heterocycles. The van der Waals surface area contributed by atoms with Crippen molar-refractivity contribution >= 4 is 39.2 Å². The first-order valence-electron chi connectivity index (χ1n) is 5.62. The summed E-state index contributed by atoms with van der Waals surface area (Å²) in [6.45, 7) is 0.0664. The van der Waals surface area contributed by atoms with Gasteiger partial charge in [-0.1, -0.05) is 23.2 Å². The van der Waals surface area contributed by atoms with E-state index < -0.39 is 21.0 Å². The number of aliphatic hydroxyl groups excluding tert-OH is 1. The molecule has 0 unspecified atom stereocenters. The molecular weight excluding hydrogens is 329 g/mol. The molecule has 1 aromatic rings. The first-order valence-corrected chi connectivity index (χ1v) is 7.86. The van der Waals surface area contributed by atoms with E-state index in [9.17, 15) is 13.2 Å². The molecule has 0 fully saturated rings. The number of carboxylic acid groups (broad SMARTS) is 1. The Morgan fingerprint density at radius 3 is 2.45 bits per heavy atom. The van der Waals surface area contributed by atoms with E-state index >= 15 is 0 Å². The molecule has 0 radical (unpaired) electrons. The molecule has 1 aromatic carbocycles. The van der Waals surface area contributed by atoms with Gasteiger partial charge in [-0.2, -0.15) is 0 Å². The van der Waals surface area contributed by atoms with Crippen LogP contribution in [0.1, 0.15) is 23.2 Å². The van der Waals surface area contributed by atoms with Gasteiger partial charge < -0.3 is 10.2 Å². The van der Waals surface area contributed by atoms with Crippen LogP contribution in [0.3, 0.4) is 0 Å². The smallest absolute Gasteiger partial charge is 0.337 e. The molecule has 0 atom stereocenters. The van der Waals surface area contributed by atoms with Gasteiger partial charge in [0.2, 0.25) is 10.0 Å². The number of carbonyl (C=O) groups is 1. The highest BCUT2D eigenvalue weighted by molar-refractivity contribution is 7.89. The molecule has 0 aliphatic heterocycles. The summed E-state index contributed by atoms with van der Waals surface area (Å²) in [5, 5.41) is 17.1. The van der Waals surface area contributed by atoms with Crippen molar-refractivity contribution in [3.8, 4) is 0 Å². The van der Waals surface area contributed by atoms with Crippen molar-refractivity contribution in [2.45, 2.75) is 17.7 Å². The molecule has 6 nitrogen and oxygen atoms in total. The van der Waals surface area contributed by atoms with E-state index in [0.29, 0.717) is 12.8 Å². The van der Waals surface area contributed by atoms with Crippen LogP contribution in [0.4, 0.5) is 0 Å². The van der Waals surface area contributed by atoms with Gasteiger partial charge in [-0.05, 0) is 25.0 Å². The van der Waals surface area contributed by atoms with Gasteiger partial charge in [-0.3, -0.25) is 0 Å². The van der Waals surface area contributed by atoms with Crippen molar-refractivity contribution in [2.75, 3.05) is 13.2 Å². The highest BCUT2D eigenvalue weighted by Gasteiger charge is 2.23. The van der Waals surface area contributed by atoms with Crippen LogP contribution in [0.2, 0.25) is 10.0 Å². The van der Waals surface area contributed by atoms with Crippen molar-refractivity contribution < 1.29 is 23.4 Å². The summed E-state index contributed by atoms with van der Waals surface area (Å²) in [4.78, 5) is 10.6. The number of nitrogens with one attached hydrogen (secondary N) is 1. The molecule has 0 aromatic heterocycles. The van der Waals surface area contributed by atoms with E-state index in [0.717, 1.165) is 12.1 Å². The molecule has 20 heavy (non-hydrogen) atoms. The van der Waals surface area contributed by atoms with E-state index in [1.807, 2.05) is 0 Å². The third kappa shape index (κ3) is 4.32. The minimum Gasteiger partial charge on any atom is -0.478 e. The van der Waals surface area contributed by atoms with Crippen molar-refractivity contribution in [2.24, 2.45) is 0 Å². The summed E-state index contributed by atoms with van der Waals surface area (Å²) < 4.78 is 26.3. The van der Waals surface area contributed by atoms with Crippen LogP contribution >= 0.6 is 23.2 Å². The Morgan fingerprint density at radius 2 is 1.90 bits per heavy atom. The van der Waals surface area contributed by atoms with Gasteiger partial charge in [-0.15, -0.1) is 0 Å². The maximum atomic E-state index is 12.0. The quantitative estimate of drug-likeness (QED) is 0.655. The Labute approximate surface area is 126 Å². The summed E-state index contributed by atoms with van der Waals surface area (Å²) in [5.74, 6) is -1.37. The summed E-state index contributed by atoms with van der Waals surface area (Å²) in [6.07, 6.45) is 0.895. The summed E-state index contributed by atoms with van der Waals surface area (Å²) in [5.41, 5.74) is -0.380. The molecule has 1 rings (SSSR count). The number of halogens is 2. The largest absolute Gasteiger partial charge is 0.478 e. The fourth-order valence-corrected chi connectivity index (χ4v) is 3.41. The van der Waals surface area contributed by atoms with Crippen LogP contribution in [0, 0.1) is 0 Å². The Bertz CT molecular complexity index is 603. The first-order chi connectivity index (χ1) is 9.29. The van der Waals surface area contributed by atoms with Gasteiger partial charge in [0.1, 0.15) is 4.90 Å². The van der Waals surface area contributed by atoms with Gasteiger partial charge in [0.05, 0.1) is 10.6 Å². The maximum absolute atomic E-state index is 12.0. The fourth-order valence-electron chi connectivity index (χ4n) is 1.44. The van der Waals surface area contributed by atoms with Crippen LogP contribution < -0.4 is 4.72 Å². The molecule has 0 spiro atoms. The van der Waals surface area contributed by atoms with Gasteiger partial charge in [0.25, 0.3) is 0 Å². The number of rotatable bonds is 7. The summed E-state index contributed by atoms with van der Waals surface area (Å²) >= 11 is 11.5. The number of aromatic carboxylic acids is 1. The molecule has 3 N–H and O–H groups in total. The number of aliphatic hydroxyl groups is 1. The second-order valence-electron chi connectivity index (χ2n) is 3.90. The lowest BCUT2D eigenvalue weighted by atomic mass is 10.2. The van der Waals surface area contributed by atoms with E-state index in [2.05, 4.69) is 4.72 Å². The predicted octanol–water partition coefficient (Wildman–Crippen LogP) is 1.74. The van der Waals surface area contributed by atoms with Crippen LogP contribution in [-0.4, -0.2) is 37.8 Å². The number of unbranched alkanes of at least 4 members (excludes halogenated alkanes) is 1. The molecule has 0 aliphatic rings. The van der Waals surface area contributed by atoms with E-state index in [1.54, 1.807) is 0 Å². The first kappa shape index (κ1) is 17.2. The number of hydrogen-bond acceptors (Lipinski definition) is 4. The molecule has 0 heterocycles. The predicted molar refractivity (Wildman–Crippen MR) is 74.9 cm³/mol. The van der Waals surface area contributed by atoms with Crippen LogP contribution in [-0.2, 0) is 10.0 Å². The van der Waals surface area contributed by atoms with Gasteiger partial charge in [-0.25, -0.2) is 17.9 Å². The summed E-state index contributed by atoms with van der Waals surface area (Å²) in [7, 11) is -3.96. The lowest BCUT2D eigenvalue weighted by Crippen LogP contribution is -2.25. The fraction of sp³-hybridized carbons (Fsp3) is 0.364. The third-order valence-corrected chi connectivity index (χ3v) is 4.62. The summed E-state index contributed by atoms with van der Waals surface area (Å²) in [6, 6.07) is 2.17. The Morgan fingerprint density at radius 1 is 1.25 bits per heavy atom. The second-order valence-corrected chi connectivity index (χ2v) is 6.45. The van der Waals surface area contributed by atoms with Crippen LogP contribution in [0.25, 0.3) is 0 Å².